The Morgan fingerprint density at radius 2 is 1.64 bits per heavy atom. The van der Waals surface area contributed by atoms with E-state index in [-0.39, 0.29) is 6.42 Å². The summed E-state index contributed by atoms with van der Waals surface area (Å²) in [4.78, 5) is 0. The predicted octanol–water partition coefficient (Wildman–Crippen LogP) is 2.29. The normalized spacial score (nSPS) is 11.6. The van der Waals surface area contributed by atoms with Gasteiger partial charge >= 0.3 is 0 Å². The number of halogens is 2. The molecule has 78 valence electrons. The highest BCUT2D eigenvalue weighted by atomic mass is 19.1. The summed E-state index contributed by atoms with van der Waals surface area (Å²) >= 11 is 0. The molecule has 0 saturated carbocycles. The molecule has 3 heteroatoms. The van der Waals surface area contributed by atoms with Crippen LogP contribution in [0.3, 0.4) is 0 Å². The van der Waals surface area contributed by atoms with Gasteiger partial charge in [0.2, 0.25) is 0 Å². The second-order valence-electron chi connectivity index (χ2n) is 3.48. The van der Waals surface area contributed by atoms with Crippen LogP contribution in [-0.2, 0) is 6.42 Å². The number of hydrogen-bond acceptors (Lipinski definition) is 1. The van der Waals surface area contributed by atoms with Crippen molar-refractivity contribution in [1.29, 1.82) is 0 Å². The van der Waals surface area contributed by atoms with Crippen LogP contribution in [0, 0.1) is 0 Å². The third-order valence-corrected chi connectivity index (χ3v) is 2.22. The zero-order valence-electron chi connectivity index (χ0n) is 7.92. The van der Waals surface area contributed by atoms with Gasteiger partial charge in [0, 0.05) is 0 Å². The second kappa shape index (κ2) is 5.05. The Morgan fingerprint density at radius 3 is 2.14 bits per heavy atom. The first kappa shape index (κ1) is 11.1. The van der Waals surface area contributed by atoms with Gasteiger partial charge < -0.3 is 5.11 Å². The number of rotatable bonds is 5. The summed E-state index contributed by atoms with van der Waals surface area (Å²) < 4.78 is 24.5. The minimum Gasteiger partial charge on any atom is -0.384 e. The van der Waals surface area contributed by atoms with Crippen molar-refractivity contribution in [1.82, 2.24) is 0 Å². The van der Waals surface area contributed by atoms with E-state index in [1.54, 1.807) is 0 Å². The van der Waals surface area contributed by atoms with Crippen LogP contribution in [0.1, 0.15) is 12.0 Å². The van der Waals surface area contributed by atoms with Gasteiger partial charge in [-0.15, -0.1) is 0 Å². The van der Waals surface area contributed by atoms with Crippen molar-refractivity contribution in [2.45, 2.75) is 18.4 Å². The summed E-state index contributed by atoms with van der Waals surface area (Å²) in [7, 11) is 0. The quantitative estimate of drug-likeness (QED) is 0.773. The summed E-state index contributed by atoms with van der Waals surface area (Å²) in [6.07, 6.45) is 0.606. The molecule has 1 N–H and O–H groups in total. The van der Waals surface area contributed by atoms with Crippen LogP contribution >= 0.6 is 0 Å². The molecule has 0 aliphatic carbocycles. The van der Waals surface area contributed by atoms with Crippen molar-refractivity contribution in [3.63, 3.8) is 0 Å². The molecule has 0 atom stereocenters. The number of alkyl halides is 2. The van der Waals surface area contributed by atoms with E-state index in [2.05, 4.69) is 0 Å². The fourth-order valence-electron chi connectivity index (χ4n) is 1.19. The van der Waals surface area contributed by atoms with Gasteiger partial charge in [-0.05, 0) is 18.4 Å². The molecule has 0 unspecified atom stereocenters. The van der Waals surface area contributed by atoms with Gasteiger partial charge in [-0.1, -0.05) is 30.3 Å². The Bertz CT molecular complexity index is 257. The summed E-state index contributed by atoms with van der Waals surface area (Å²) in [5.41, 5.74) is -0.816. The van der Waals surface area contributed by atoms with Crippen molar-refractivity contribution < 1.29 is 13.9 Å². The molecular weight excluding hydrogens is 186 g/mol. The standard InChI is InChI=1S/C11H14F2O/c12-8-11(14,9-13)7-6-10-4-2-1-3-5-10/h1-5,14H,6-9H2. The predicted molar refractivity (Wildman–Crippen MR) is 51.7 cm³/mol. The van der Waals surface area contributed by atoms with E-state index in [9.17, 15) is 13.9 Å². The van der Waals surface area contributed by atoms with E-state index in [4.69, 9.17) is 0 Å². The van der Waals surface area contributed by atoms with Crippen LogP contribution < -0.4 is 0 Å². The van der Waals surface area contributed by atoms with Crippen molar-refractivity contribution in [2.24, 2.45) is 0 Å². The maximum atomic E-state index is 12.3. The molecular formula is C11H14F2O. The fourth-order valence-corrected chi connectivity index (χ4v) is 1.19. The first-order valence-corrected chi connectivity index (χ1v) is 4.58. The SMILES string of the molecule is OC(CF)(CF)CCc1ccccc1. The molecule has 0 radical (unpaired) electrons. The summed E-state index contributed by atoms with van der Waals surface area (Å²) in [6, 6.07) is 9.34. The summed E-state index contributed by atoms with van der Waals surface area (Å²) in [5.74, 6) is 0. The Balaban J connectivity index is 2.48. The van der Waals surface area contributed by atoms with Crippen molar-refractivity contribution >= 4 is 0 Å². The van der Waals surface area contributed by atoms with Crippen LogP contribution in [0.2, 0.25) is 0 Å². The van der Waals surface area contributed by atoms with Crippen LogP contribution in [0.25, 0.3) is 0 Å². The minimum absolute atomic E-state index is 0.115. The highest BCUT2D eigenvalue weighted by Gasteiger charge is 2.26. The smallest absolute Gasteiger partial charge is 0.121 e. The summed E-state index contributed by atoms with van der Waals surface area (Å²) in [6.45, 7) is -2.06. The molecule has 1 nitrogen and oxygen atoms in total. The van der Waals surface area contributed by atoms with Crippen molar-refractivity contribution in [3.05, 3.63) is 35.9 Å². The van der Waals surface area contributed by atoms with Gasteiger partial charge in [0.1, 0.15) is 19.0 Å². The average molecular weight is 200 g/mol. The highest BCUT2D eigenvalue weighted by Crippen LogP contribution is 2.15. The molecule has 0 fully saturated rings. The van der Waals surface area contributed by atoms with Crippen LogP contribution in [0.15, 0.2) is 30.3 Å². The van der Waals surface area contributed by atoms with Gasteiger partial charge in [-0.3, -0.25) is 0 Å². The maximum absolute atomic E-state index is 12.3. The molecule has 0 bridgehead atoms. The van der Waals surface area contributed by atoms with Crippen LogP contribution in [0.4, 0.5) is 8.78 Å². The highest BCUT2D eigenvalue weighted by molar-refractivity contribution is 5.15. The minimum atomic E-state index is -1.80. The van der Waals surface area contributed by atoms with E-state index in [0.717, 1.165) is 5.56 Å². The molecule has 0 saturated heterocycles. The first-order chi connectivity index (χ1) is 6.70. The van der Waals surface area contributed by atoms with E-state index in [0.29, 0.717) is 6.42 Å². The topological polar surface area (TPSA) is 20.2 Å². The second-order valence-corrected chi connectivity index (χ2v) is 3.48. The zero-order chi connectivity index (χ0) is 10.4. The molecule has 0 spiro atoms. The fraction of sp³-hybridized carbons (Fsp3) is 0.455. The lowest BCUT2D eigenvalue weighted by Crippen LogP contribution is -2.34. The van der Waals surface area contributed by atoms with Crippen LogP contribution in [0.5, 0.6) is 0 Å². The molecule has 1 aromatic rings. The lowest BCUT2D eigenvalue weighted by molar-refractivity contribution is -0.0133. The summed E-state index contributed by atoms with van der Waals surface area (Å²) in [5, 5.41) is 9.34. The van der Waals surface area contributed by atoms with Gasteiger partial charge in [0.25, 0.3) is 0 Å². The third-order valence-electron chi connectivity index (χ3n) is 2.22. The Kier molecular flexibility index (Phi) is 4.01. The first-order valence-electron chi connectivity index (χ1n) is 4.58. The lowest BCUT2D eigenvalue weighted by atomic mass is 9.97. The Morgan fingerprint density at radius 1 is 1.07 bits per heavy atom. The molecule has 14 heavy (non-hydrogen) atoms. The molecule has 1 rings (SSSR count). The molecule has 0 heterocycles. The molecule has 0 aliphatic heterocycles. The zero-order valence-corrected chi connectivity index (χ0v) is 7.92. The van der Waals surface area contributed by atoms with Crippen molar-refractivity contribution in [3.8, 4) is 0 Å². The van der Waals surface area contributed by atoms with E-state index in [1.165, 1.54) is 0 Å². The van der Waals surface area contributed by atoms with E-state index < -0.39 is 19.0 Å². The number of benzene rings is 1. The Labute approximate surface area is 82.4 Å². The Hall–Kier alpha value is -0.960. The van der Waals surface area contributed by atoms with Gasteiger partial charge in [0.15, 0.2) is 0 Å². The van der Waals surface area contributed by atoms with Crippen LogP contribution in [-0.4, -0.2) is 24.1 Å². The third kappa shape index (κ3) is 3.07. The van der Waals surface area contributed by atoms with Gasteiger partial charge in [0.05, 0.1) is 0 Å². The van der Waals surface area contributed by atoms with E-state index in [1.807, 2.05) is 30.3 Å². The monoisotopic (exact) mass is 200 g/mol. The lowest BCUT2D eigenvalue weighted by Gasteiger charge is -2.20. The van der Waals surface area contributed by atoms with Gasteiger partial charge in [-0.25, -0.2) is 8.78 Å². The maximum Gasteiger partial charge on any atom is 0.121 e. The number of aryl methyl sites for hydroxylation is 1. The molecule has 0 aliphatic rings. The average Bonchev–Trinajstić information content (AvgIpc) is 2.27. The molecule has 1 aromatic carbocycles. The molecule has 0 amide bonds. The number of hydrogen-bond donors (Lipinski definition) is 1. The number of aliphatic hydroxyl groups is 1. The largest absolute Gasteiger partial charge is 0.384 e. The van der Waals surface area contributed by atoms with Gasteiger partial charge in [-0.2, -0.15) is 0 Å². The van der Waals surface area contributed by atoms with E-state index >= 15 is 0 Å². The van der Waals surface area contributed by atoms with Crippen molar-refractivity contribution in [2.75, 3.05) is 13.3 Å². The molecule has 0 aromatic heterocycles.